The first kappa shape index (κ1) is 14.0. The van der Waals surface area contributed by atoms with E-state index in [9.17, 15) is 4.79 Å². The molecule has 0 aromatic carbocycles. The van der Waals surface area contributed by atoms with Gasteiger partial charge in [-0.2, -0.15) is 5.26 Å². The van der Waals surface area contributed by atoms with Gasteiger partial charge in [-0.05, 0) is 32.7 Å². The maximum Gasteiger partial charge on any atom is 0.227 e. The second kappa shape index (κ2) is 5.05. The molecular weight excluding hydrogens is 214 g/mol. The number of hydrogen-bond acceptors (Lipinski definition) is 3. The maximum absolute atomic E-state index is 12.3. The molecule has 2 N–H and O–H groups in total. The summed E-state index contributed by atoms with van der Waals surface area (Å²) in [7, 11) is 0. The van der Waals surface area contributed by atoms with Crippen molar-refractivity contribution in [3.05, 3.63) is 0 Å². The van der Waals surface area contributed by atoms with Gasteiger partial charge >= 0.3 is 0 Å². The van der Waals surface area contributed by atoms with Crippen LogP contribution < -0.4 is 10.6 Å². The molecule has 0 aromatic heterocycles. The van der Waals surface area contributed by atoms with E-state index in [0.717, 1.165) is 19.5 Å². The van der Waals surface area contributed by atoms with Crippen LogP contribution in [-0.2, 0) is 4.79 Å². The molecule has 0 spiro atoms. The van der Waals surface area contributed by atoms with Crippen molar-refractivity contribution in [1.29, 1.82) is 5.26 Å². The molecule has 1 unspecified atom stereocenters. The summed E-state index contributed by atoms with van der Waals surface area (Å²) >= 11 is 0. The van der Waals surface area contributed by atoms with Gasteiger partial charge in [-0.1, -0.05) is 13.8 Å². The minimum absolute atomic E-state index is 0.0841. The summed E-state index contributed by atoms with van der Waals surface area (Å²) in [5.74, 6) is 0.392. The largest absolute Gasteiger partial charge is 0.354 e. The van der Waals surface area contributed by atoms with E-state index in [1.165, 1.54) is 0 Å². The second-order valence-corrected chi connectivity index (χ2v) is 5.92. The molecule has 17 heavy (non-hydrogen) atoms. The summed E-state index contributed by atoms with van der Waals surface area (Å²) in [4.78, 5) is 12.3. The Hall–Kier alpha value is -1.08. The van der Waals surface area contributed by atoms with Crippen LogP contribution in [0.15, 0.2) is 0 Å². The summed E-state index contributed by atoms with van der Waals surface area (Å²) in [6.45, 7) is 9.89. The van der Waals surface area contributed by atoms with E-state index in [0.29, 0.717) is 12.5 Å². The molecular formula is C13H23N3O. The smallest absolute Gasteiger partial charge is 0.227 e. The molecule has 1 heterocycles. The van der Waals surface area contributed by atoms with Gasteiger partial charge in [0.2, 0.25) is 5.91 Å². The average molecular weight is 237 g/mol. The maximum atomic E-state index is 12.3. The van der Waals surface area contributed by atoms with Crippen molar-refractivity contribution >= 4 is 5.91 Å². The van der Waals surface area contributed by atoms with Gasteiger partial charge in [-0.25, -0.2) is 0 Å². The van der Waals surface area contributed by atoms with E-state index in [1.54, 1.807) is 0 Å². The summed E-state index contributed by atoms with van der Waals surface area (Å²) in [6.07, 6.45) is 0.878. The van der Waals surface area contributed by atoms with Crippen molar-refractivity contribution in [2.24, 2.45) is 16.7 Å². The van der Waals surface area contributed by atoms with Crippen LogP contribution >= 0.6 is 0 Å². The average Bonchev–Trinajstić information content (AvgIpc) is 2.76. The number of rotatable bonds is 4. The highest BCUT2D eigenvalue weighted by atomic mass is 16.2. The first-order valence-electron chi connectivity index (χ1n) is 6.24. The highest BCUT2D eigenvalue weighted by Gasteiger charge is 2.44. The zero-order valence-electron chi connectivity index (χ0n) is 11.3. The van der Waals surface area contributed by atoms with Crippen LogP contribution in [0.1, 0.15) is 34.1 Å². The SMILES string of the molecule is CC(C)C1(C(=O)NCC(C)(C)C#N)CCNC1. The van der Waals surface area contributed by atoms with E-state index < -0.39 is 5.41 Å². The van der Waals surface area contributed by atoms with E-state index in [4.69, 9.17) is 5.26 Å². The van der Waals surface area contributed by atoms with Crippen molar-refractivity contribution in [2.75, 3.05) is 19.6 Å². The van der Waals surface area contributed by atoms with Crippen LogP contribution in [0.3, 0.4) is 0 Å². The number of hydrogen-bond donors (Lipinski definition) is 2. The Morgan fingerprint density at radius 3 is 2.65 bits per heavy atom. The monoisotopic (exact) mass is 237 g/mol. The molecule has 1 aliphatic heterocycles. The van der Waals surface area contributed by atoms with Crippen molar-refractivity contribution in [1.82, 2.24) is 10.6 Å². The molecule has 0 aromatic rings. The molecule has 0 aliphatic carbocycles. The zero-order chi connectivity index (χ0) is 13.1. The summed E-state index contributed by atoms with van der Waals surface area (Å²) in [6, 6.07) is 2.20. The highest BCUT2D eigenvalue weighted by molar-refractivity contribution is 5.83. The van der Waals surface area contributed by atoms with Crippen molar-refractivity contribution < 1.29 is 4.79 Å². The third-order valence-electron chi connectivity index (χ3n) is 3.74. The number of nitrogens with one attached hydrogen (secondary N) is 2. The van der Waals surface area contributed by atoms with Crippen molar-refractivity contribution in [3.8, 4) is 6.07 Å². The Morgan fingerprint density at radius 1 is 1.59 bits per heavy atom. The number of carbonyl (C=O) groups excluding carboxylic acids is 1. The molecule has 4 heteroatoms. The molecule has 0 bridgehead atoms. The second-order valence-electron chi connectivity index (χ2n) is 5.92. The van der Waals surface area contributed by atoms with Crippen molar-refractivity contribution in [2.45, 2.75) is 34.1 Å². The molecule has 1 rings (SSSR count). The lowest BCUT2D eigenvalue weighted by molar-refractivity contribution is -0.132. The fourth-order valence-corrected chi connectivity index (χ4v) is 2.18. The van der Waals surface area contributed by atoms with E-state index >= 15 is 0 Å². The molecule has 96 valence electrons. The standard InChI is InChI=1S/C13H23N3O/c1-10(2)13(5-6-15-9-13)11(17)16-8-12(3,4)7-14/h10,15H,5-6,8-9H2,1-4H3,(H,16,17). The van der Waals surface area contributed by atoms with Gasteiger partial charge in [0.25, 0.3) is 0 Å². The molecule has 0 saturated carbocycles. The lowest BCUT2D eigenvalue weighted by Gasteiger charge is -2.32. The van der Waals surface area contributed by atoms with E-state index in [-0.39, 0.29) is 11.3 Å². The van der Waals surface area contributed by atoms with Crippen LogP contribution in [-0.4, -0.2) is 25.5 Å². The molecule has 1 aliphatic rings. The Labute approximate surface area is 104 Å². The molecule has 1 amide bonds. The summed E-state index contributed by atoms with van der Waals surface area (Å²) in [5.41, 5.74) is -0.800. The third-order valence-corrected chi connectivity index (χ3v) is 3.74. The molecule has 4 nitrogen and oxygen atoms in total. The first-order chi connectivity index (χ1) is 7.84. The van der Waals surface area contributed by atoms with Crippen LogP contribution in [0.4, 0.5) is 0 Å². The minimum atomic E-state index is -0.500. The van der Waals surface area contributed by atoms with E-state index in [1.807, 2.05) is 13.8 Å². The third kappa shape index (κ3) is 2.98. The molecule has 1 atom stereocenters. The molecule has 1 fully saturated rings. The number of carbonyl (C=O) groups is 1. The van der Waals surface area contributed by atoms with E-state index in [2.05, 4.69) is 30.6 Å². The summed E-state index contributed by atoms with van der Waals surface area (Å²) in [5, 5.41) is 15.1. The Bertz CT molecular complexity index is 322. The van der Waals surface area contributed by atoms with Crippen LogP contribution in [0.25, 0.3) is 0 Å². The van der Waals surface area contributed by atoms with Crippen LogP contribution in [0.2, 0.25) is 0 Å². The Balaban J connectivity index is 2.66. The van der Waals surface area contributed by atoms with Gasteiger partial charge in [-0.3, -0.25) is 4.79 Å². The van der Waals surface area contributed by atoms with Gasteiger partial charge in [-0.15, -0.1) is 0 Å². The highest BCUT2D eigenvalue weighted by Crippen LogP contribution is 2.34. The van der Waals surface area contributed by atoms with Gasteiger partial charge in [0.15, 0.2) is 0 Å². The lowest BCUT2D eigenvalue weighted by Crippen LogP contribution is -2.48. The number of nitriles is 1. The van der Waals surface area contributed by atoms with Gasteiger partial charge in [0, 0.05) is 13.1 Å². The summed E-state index contributed by atoms with van der Waals surface area (Å²) < 4.78 is 0. The van der Waals surface area contributed by atoms with Gasteiger partial charge in [0.1, 0.15) is 0 Å². The normalized spacial score (nSPS) is 24.7. The lowest BCUT2D eigenvalue weighted by atomic mass is 9.75. The fourth-order valence-electron chi connectivity index (χ4n) is 2.18. The van der Waals surface area contributed by atoms with Crippen LogP contribution in [0, 0.1) is 28.1 Å². The fraction of sp³-hybridized carbons (Fsp3) is 0.846. The molecule has 1 saturated heterocycles. The van der Waals surface area contributed by atoms with Gasteiger partial charge in [0.05, 0.1) is 16.9 Å². The van der Waals surface area contributed by atoms with Crippen LogP contribution in [0.5, 0.6) is 0 Å². The number of amides is 1. The molecule has 0 radical (unpaired) electrons. The predicted molar refractivity (Wildman–Crippen MR) is 67.2 cm³/mol. The van der Waals surface area contributed by atoms with Gasteiger partial charge < -0.3 is 10.6 Å². The van der Waals surface area contributed by atoms with Crippen molar-refractivity contribution in [3.63, 3.8) is 0 Å². The topological polar surface area (TPSA) is 64.9 Å². The first-order valence-corrected chi connectivity index (χ1v) is 6.24. The number of nitrogens with zero attached hydrogens (tertiary/aromatic N) is 1. The quantitative estimate of drug-likeness (QED) is 0.774. The Morgan fingerprint density at radius 2 is 2.24 bits per heavy atom. The Kier molecular flexibility index (Phi) is 4.16. The zero-order valence-corrected chi connectivity index (χ0v) is 11.3. The predicted octanol–water partition coefficient (Wildman–Crippen LogP) is 1.29. The minimum Gasteiger partial charge on any atom is -0.354 e.